The van der Waals surface area contributed by atoms with Crippen LogP contribution in [-0.4, -0.2) is 42.0 Å². The monoisotopic (exact) mass is 249 g/mol. The van der Waals surface area contributed by atoms with Crippen molar-refractivity contribution >= 4 is 5.91 Å². The molecule has 5 heteroatoms. The van der Waals surface area contributed by atoms with Crippen molar-refractivity contribution < 1.29 is 4.79 Å². The van der Waals surface area contributed by atoms with Gasteiger partial charge in [0, 0.05) is 18.8 Å². The molecule has 5 nitrogen and oxygen atoms in total. The number of pyridine rings is 1. The number of nitrogens with one attached hydrogen (secondary N) is 2. The molecule has 0 radical (unpaired) electrons. The zero-order chi connectivity index (χ0) is 12.8. The minimum Gasteiger partial charge on any atom is -0.352 e. The Kier molecular flexibility index (Phi) is 4.52. The molecular formula is C13H19N3O2. The number of nitrogens with zero attached hydrogens (tertiary/aromatic N) is 1. The van der Waals surface area contributed by atoms with Crippen molar-refractivity contribution in [2.24, 2.45) is 0 Å². The van der Waals surface area contributed by atoms with Crippen molar-refractivity contribution in [1.82, 2.24) is 15.2 Å². The van der Waals surface area contributed by atoms with Crippen molar-refractivity contribution in [3.05, 3.63) is 34.2 Å². The van der Waals surface area contributed by atoms with Gasteiger partial charge in [-0.1, -0.05) is 0 Å². The third-order valence-corrected chi connectivity index (χ3v) is 3.18. The number of hydrogen-bond donors (Lipinski definition) is 2. The summed E-state index contributed by atoms with van der Waals surface area (Å²) < 4.78 is 0. The first-order valence-corrected chi connectivity index (χ1v) is 6.45. The highest BCUT2D eigenvalue weighted by Gasteiger charge is 2.10. The van der Waals surface area contributed by atoms with E-state index in [4.69, 9.17) is 0 Å². The van der Waals surface area contributed by atoms with Gasteiger partial charge in [0.05, 0.1) is 5.56 Å². The van der Waals surface area contributed by atoms with Gasteiger partial charge in [-0.05, 0) is 45.0 Å². The largest absolute Gasteiger partial charge is 0.352 e. The third-order valence-electron chi connectivity index (χ3n) is 3.18. The van der Waals surface area contributed by atoms with E-state index in [1.807, 2.05) is 0 Å². The number of carbonyl (C=O) groups excluding carboxylic acids is 1. The summed E-state index contributed by atoms with van der Waals surface area (Å²) in [6.45, 7) is 4.10. The average Bonchev–Trinajstić information content (AvgIpc) is 2.88. The van der Waals surface area contributed by atoms with Gasteiger partial charge in [0.15, 0.2) is 0 Å². The van der Waals surface area contributed by atoms with Crippen LogP contribution < -0.4 is 10.9 Å². The highest BCUT2D eigenvalue weighted by Crippen LogP contribution is 2.06. The minimum atomic E-state index is -0.194. The van der Waals surface area contributed by atoms with Crippen LogP contribution in [0.5, 0.6) is 0 Å². The molecule has 0 unspecified atom stereocenters. The quantitative estimate of drug-likeness (QED) is 0.751. The maximum Gasteiger partial charge on any atom is 0.252 e. The first-order chi connectivity index (χ1) is 8.75. The van der Waals surface area contributed by atoms with Gasteiger partial charge in [0.1, 0.15) is 0 Å². The van der Waals surface area contributed by atoms with Crippen LogP contribution in [0.25, 0.3) is 0 Å². The summed E-state index contributed by atoms with van der Waals surface area (Å²) >= 11 is 0. The predicted molar refractivity (Wildman–Crippen MR) is 69.7 cm³/mol. The summed E-state index contributed by atoms with van der Waals surface area (Å²) in [5, 5.41) is 2.85. The summed E-state index contributed by atoms with van der Waals surface area (Å²) in [5.41, 5.74) is 0.302. The van der Waals surface area contributed by atoms with E-state index in [9.17, 15) is 9.59 Å². The van der Waals surface area contributed by atoms with Gasteiger partial charge >= 0.3 is 0 Å². The number of amides is 1. The molecule has 98 valence electrons. The second kappa shape index (κ2) is 6.35. The van der Waals surface area contributed by atoms with E-state index in [1.165, 1.54) is 44.3 Å². The second-order valence-corrected chi connectivity index (χ2v) is 4.60. The molecule has 2 N–H and O–H groups in total. The number of hydrogen-bond acceptors (Lipinski definition) is 3. The van der Waals surface area contributed by atoms with E-state index in [0.717, 1.165) is 13.0 Å². The van der Waals surface area contributed by atoms with Crippen molar-refractivity contribution in [3.8, 4) is 0 Å². The fourth-order valence-electron chi connectivity index (χ4n) is 2.16. The number of aromatic nitrogens is 1. The maximum atomic E-state index is 11.7. The Bertz CT molecular complexity index is 429. The van der Waals surface area contributed by atoms with Gasteiger partial charge < -0.3 is 15.2 Å². The fraction of sp³-hybridized carbons (Fsp3) is 0.538. The van der Waals surface area contributed by atoms with Crippen molar-refractivity contribution in [2.75, 3.05) is 26.2 Å². The fourth-order valence-corrected chi connectivity index (χ4v) is 2.16. The van der Waals surface area contributed by atoms with Crippen LogP contribution in [0.3, 0.4) is 0 Å². The lowest BCUT2D eigenvalue weighted by atomic mass is 10.2. The Morgan fingerprint density at radius 1 is 1.33 bits per heavy atom. The Balaban J connectivity index is 1.68. The summed E-state index contributed by atoms with van der Waals surface area (Å²) in [7, 11) is 0. The summed E-state index contributed by atoms with van der Waals surface area (Å²) in [6.07, 6.45) is 5.00. The van der Waals surface area contributed by atoms with Gasteiger partial charge in [-0.3, -0.25) is 9.59 Å². The Labute approximate surface area is 106 Å². The van der Waals surface area contributed by atoms with Gasteiger partial charge in [0.25, 0.3) is 5.91 Å². The van der Waals surface area contributed by atoms with Crippen LogP contribution in [0.2, 0.25) is 0 Å². The lowest BCUT2D eigenvalue weighted by Crippen LogP contribution is -2.29. The van der Waals surface area contributed by atoms with Crippen LogP contribution in [0.15, 0.2) is 23.1 Å². The Morgan fingerprint density at radius 3 is 2.78 bits per heavy atom. The van der Waals surface area contributed by atoms with E-state index >= 15 is 0 Å². The molecule has 0 aromatic carbocycles. The van der Waals surface area contributed by atoms with Crippen LogP contribution in [0.4, 0.5) is 0 Å². The molecule has 1 aliphatic heterocycles. The third kappa shape index (κ3) is 3.70. The van der Waals surface area contributed by atoms with Crippen LogP contribution >= 0.6 is 0 Å². The second-order valence-electron chi connectivity index (χ2n) is 4.60. The molecule has 1 aliphatic rings. The first-order valence-electron chi connectivity index (χ1n) is 6.45. The number of carbonyl (C=O) groups is 1. The van der Waals surface area contributed by atoms with Gasteiger partial charge in [-0.25, -0.2) is 0 Å². The number of aromatic amines is 1. The molecule has 0 spiro atoms. The molecule has 1 fully saturated rings. The van der Waals surface area contributed by atoms with E-state index in [2.05, 4.69) is 15.2 Å². The normalized spacial score (nSPS) is 15.8. The standard InChI is InChI=1S/C13H19N3O2/c17-12-5-4-11(10-15-12)13(18)14-6-3-9-16-7-1-2-8-16/h4-5,10H,1-3,6-9H2,(H,14,18)(H,15,17). The van der Waals surface area contributed by atoms with Crippen LogP contribution in [0, 0.1) is 0 Å². The van der Waals surface area contributed by atoms with E-state index < -0.39 is 0 Å². The van der Waals surface area contributed by atoms with Gasteiger partial charge in [-0.15, -0.1) is 0 Å². The summed E-state index contributed by atoms with van der Waals surface area (Å²) in [5.74, 6) is -0.132. The predicted octanol–water partition coefficient (Wildman–Crippen LogP) is 0.591. The zero-order valence-corrected chi connectivity index (χ0v) is 10.4. The molecule has 1 amide bonds. The van der Waals surface area contributed by atoms with E-state index in [1.54, 1.807) is 0 Å². The van der Waals surface area contributed by atoms with Gasteiger partial charge in [0.2, 0.25) is 5.56 Å². The molecule has 1 aromatic heterocycles. The molecule has 0 saturated carbocycles. The number of rotatable bonds is 5. The van der Waals surface area contributed by atoms with Crippen molar-refractivity contribution in [2.45, 2.75) is 19.3 Å². The minimum absolute atomic E-state index is 0.132. The lowest BCUT2D eigenvalue weighted by molar-refractivity contribution is 0.0951. The average molecular weight is 249 g/mol. The molecule has 18 heavy (non-hydrogen) atoms. The molecule has 0 atom stereocenters. The SMILES string of the molecule is O=C(NCCCN1CCCC1)c1ccc(=O)[nH]c1. The Hall–Kier alpha value is -1.62. The smallest absolute Gasteiger partial charge is 0.252 e. The molecular weight excluding hydrogens is 230 g/mol. The van der Waals surface area contributed by atoms with Crippen LogP contribution in [0.1, 0.15) is 29.6 Å². The molecule has 1 saturated heterocycles. The van der Waals surface area contributed by atoms with E-state index in [0.29, 0.717) is 12.1 Å². The molecule has 0 bridgehead atoms. The summed E-state index contributed by atoms with van der Waals surface area (Å²) in [4.78, 5) is 27.5. The molecule has 1 aromatic rings. The van der Waals surface area contributed by atoms with Crippen molar-refractivity contribution in [3.63, 3.8) is 0 Å². The number of H-pyrrole nitrogens is 1. The lowest BCUT2D eigenvalue weighted by Gasteiger charge is -2.14. The number of likely N-dealkylation sites (tertiary alicyclic amines) is 1. The maximum absolute atomic E-state index is 11.7. The topological polar surface area (TPSA) is 65.2 Å². The Morgan fingerprint density at radius 2 is 2.11 bits per heavy atom. The molecule has 2 rings (SSSR count). The highest BCUT2D eigenvalue weighted by molar-refractivity contribution is 5.93. The summed E-state index contributed by atoms with van der Waals surface area (Å²) in [6, 6.07) is 2.90. The van der Waals surface area contributed by atoms with Crippen LogP contribution in [-0.2, 0) is 0 Å². The molecule has 0 aliphatic carbocycles. The van der Waals surface area contributed by atoms with E-state index in [-0.39, 0.29) is 11.5 Å². The van der Waals surface area contributed by atoms with Gasteiger partial charge in [-0.2, -0.15) is 0 Å². The van der Waals surface area contributed by atoms with Crippen molar-refractivity contribution in [1.29, 1.82) is 0 Å². The zero-order valence-electron chi connectivity index (χ0n) is 10.4. The highest BCUT2D eigenvalue weighted by atomic mass is 16.1. The molecule has 2 heterocycles. The first kappa shape index (κ1) is 12.8.